The summed E-state index contributed by atoms with van der Waals surface area (Å²) in [7, 11) is -6.16. The Labute approximate surface area is 216 Å². The smallest absolute Gasteiger partial charge is 0.243 e. The first kappa shape index (κ1) is 26.8. The largest absolute Gasteiger partial charge is 0.495 e. The second-order valence-corrected chi connectivity index (χ2v) is 12.8. The third-order valence-corrected chi connectivity index (χ3v) is 10.3. The molecule has 0 aromatic heterocycles. The van der Waals surface area contributed by atoms with E-state index in [4.69, 9.17) is 21.1 Å². The van der Waals surface area contributed by atoms with Gasteiger partial charge in [-0.2, -0.15) is 8.61 Å². The highest BCUT2D eigenvalue weighted by atomic mass is 35.5. The number of methoxy groups -OCH3 is 1. The minimum absolute atomic E-state index is 0.00484. The van der Waals surface area contributed by atoms with Crippen molar-refractivity contribution in [2.24, 2.45) is 5.92 Å². The van der Waals surface area contributed by atoms with Gasteiger partial charge in [0.25, 0.3) is 0 Å². The molecule has 0 spiro atoms. The van der Waals surface area contributed by atoms with Gasteiger partial charge in [0.2, 0.25) is 26.0 Å². The summed E-state index contributed by atoms with van der Waals surface area (Å²) >= 11 is 5.88. The van der Waals surface area contributed by atoms with Crippen molar-refractivity contribution in [2.45, 2.75) is 22.6 Å². The molecule has 2 fully saturated rings. The lowest BCUT2D eigenvalue weighted by Crippen LogP contribution is -2.43. The zero-order chi connectivity index (χ0) is 25.9. The van der Waals surface area contributed by atoms with E-state index in [1.807, 2.05) is 0 Å². The number of carbonyl (C=O) groups is 1. The lowest BCUT2D eigenvalue weighted by molar-refractivity contribution is -0.120. The molecule has 2 saturated heterocycles. The van der Waals surface area contributed by atoms with Crippen molar-refractivity contribution >= 4 is 43.2 Å². The summed E-state index contributed by atoms with van der Waals surface area (Å²) in [5.74, 6) is -0.735. The number of anilines is 1. The molecule has 0 bridgehead atoms. The third kappa shape index (κ3) is 5.68. The fourth-order valence-electron chi connectivity index (χ4n) is 4.25. The highest BCUT2D eigenvalue weighted by Crippen LogP contribution is 2.31. The maximum Gasteiger partial charge on any atom is 0.243 e. The number of benzene rings is 2. The molecule has 196 valence electrons. The maximum atomic E-state index is 13.2. The Morgan fingerprint density at radius 3 is 2.28 bits per heavy atom. The van der Waals surface area contributed by atoms with E-state index in [1.54, 1.807) is 0 Å². The zero-order valence-corrected chi connectivity index (χ0v) is 22.1. The number of hydrogen-bond acceptors (Lipinski definition) is 7. The molecule has 4 rings (SSSR count). The van der Waals surface area contributed by atoms with Crippen LogP contribution in [-0.2, 0) is 29.6 Å². The third-order valence-electron chi connectivity index (χ3n) is 6.24. The van der Waals surface area contributed by atoms with Crippen molar-refractivity contribution in [1.82, 2.24) is 8.61 Å². The molecule has 10 nitrogen and oxygen atoms in total. The summed E-state index contributed by atoms with van der Waals surface area (Å²) in [4.78, 5) is 13.3. The molecule has 2 heterocycles. The Bertz CT molecular complexity index is 1310. The molecular weight excluding hydrogens is 530 g/mol. The summed E-state index contributed by atoms with van der Waals surface area (Å²) in [6, 6.07) is 10.2. The van der Waals surface area contributed by atoms with Crippen LogP contribution in [-0.4, -0.2) is 77.9 Å². The van der Waals surface area contributed by atoms with Crippen LogP contribution in [0.3, 0.4) is 0 Å². The summed E-state index contributed by atoms with van der Waals surface area (Å²) < 4.78 is 65.5. The average molecular weight is 558 g/mol. The van der Waals surface area contributed by atoms with Crippen LogP contribution in [0.15, 0.2) is 52.3 Å². The Balaban J connectivity index is 1.52. The average Bonchev–Trinajstić information content (AvgIpc) is 2.89. The molecule has 1 unspecified atom stereocenters. The molecule has 2 aliphatic rings. The molecule has 36 heavy (non-hydrogen) atoms. The van der Waals surface area contributed by atoms with Crippen molar-refractivity contribution in [3.63, 3.8) is 0 Å². The van der Waals surface area contributed by atoms with Gasteiger partial charge in [0, 0.05) is 31.2 Å². The van der Waals surface area contributed by atoms with E-state index < -0.39 is 31.9 Å². The lowest BCUT2D eigenvalue weighted by atomic mass is 9.98. The number of carbonyl (C=O) groups excluding carboxylic acids is 1. The maximum absolute atomic E-state index is 13.2. The number of rotatable bonds is 7. The summed E-state index contributed by atoms with van der Waals surface area (Å²) in [5, 5.41) is 3.18. The number of ether oxygens (including phenoxy) is 2. The van der Waals surface area contributed by atoms with Gasteiger partial charge in [-0.05, 0) is 55.3 Å². The lowest BCUT2D eigenvalue weighted by Gasteiger charge is -2.31. The van der Waals surface area contributed by atoms with Crippen LogP contribution in [0, 0.1) is 5.92 Å². The van der Waals surface area contributed by atoms with Crippen LogP contribution < -0.4 is 10.1 Å². The molecule has 13 heteroatoms. The van der Waals surface area contributed by atoms with Crippen molar-refractivity contribution in [2.75, 3.05) is 51.8 Å². The van der Waals surface area contributed by atoms with E-state index >= 15 is 0 Å². The molecule has 1 N–H and O–H groups in total. The van der Waals surface area contributed by atoms with Crippen molar-refractivity contribution in [3.05, 3.63) is 47.5 Å². The van der Waals surface area contributed by atoms with E-state index in [0.717, 1.165) is 0 Å². The van der Waals surface area contributed by atoms with Gasteiger partial charge in [-0.3, -0.25) is 4.79 Å². The number of nitrogens with zero attached hydrogens (tertiary/aromatic N) is 2. The van der Waals surface area contributed by atoms with Crippen molar-refractivity contribution < 1.29 is 31.1 Å². The molecule has 0 aliphatic carbocycles. The van der Waals surface area contributed by atoms with Crippen LogP contribution in [0.4, 0.5) is 5.69 Å². The number of nitrogens with one attached hydrogen (secondary N) is 1. The summed E-state index contributed by atoms with van der Waals surface area (Å²) in [6.07, 6.45) is 1.00. The summed E-state index contributed by atoms with van der Waals surface area (Å²) in [5.41, 5.74) is 0.203. The number of piperidine rings is 1. The highest BCUT2D eigenvalue weighted by Gasteiger charge is 2.34. The Morgan fingerprint density at radius 1 is 0.972 bits per heavy atom. The van der Waals surface area contributed by atoms with Crippen LogP contribution >= 0.6 is 11.6 Å². The molecule has 2 aromatic carbocycles. The summed E-state index contributed by atoms with van der Waals surface area (Å²) in [6.45, 7) is 1.43. The van der Waals surface area contributed by atoms with E-state index in [0.29, 0.717) is 43.4 Å². The topological polar surface area (TPSA) is 122 Å². The molecule has 2 aliphatic heterocycles. The first-order valence-corrected chi connectivity index (χ1v) is 14.7. The number of halogens is 1. The van der Waals surface area contributed by atoms with Crippen LogP contribution in [0.2, 0.25) is 5.02 Å². The number of hydrogen-bond donors (Lipinski definition) is 1. The quantitative estimate of drug-likeness (QED) is 0.554. The predicted molar refractivity (Wildman–Crippen MR) is 134 cm³/mol. The van der Waals surface area contributed by atoms with Crippen molar-refractivity contribution in [1.29, 1.82) is 0 Å². The normalized spacial score (nSPS) is 20.1. The number of morpholine rings is 1. The first-order valence-electron chi connectivity index (χ1n) is 11.5. The van der Waals surface area contributed by atoms with Gasteiger partial charge < -0.3 is 14.8 Å². The van der Waals surface area contributed by atoms with E-state index in [1.165, 1.54) is 58.2 Å². The molecule has 2 aromatic rings. The van der Waals surface area contributed by atoms with Gasteiger partial charge in [-0.25, -0.2) is 16.8 Å². The molecule has 1 atom stereocenters. The molecular formula is C23H28ClN3O7S2. The second-order valence-electron chi connectivity index (χ2n) is 8.52. The molecule has 0 radical (unpaired) electrons. The Hall–Kier alpha value is -2.22. The van der Waals surface area contributed by atoms with E-state index in [9.17, 15) is 21.6 Å². The SMILES string of the molecule is COc1ccc(S(=O)(=O)N2CCOCC2)cc1NC(=O)C1CCCN(S(=O)(=O)c2ccc(Cl)cc2)C1. The van der Waals surface area contributed by atoms with Gasteiger partial charge in [0.1, 0.15) is 5.75 Å². The van der Waals surface area contributed by atoms with Crippen LogP contribution in [0.5, 0.6) is 5.75 Å². The minimum Gasteiger partial charge on any atom is -0.495 e. The van der Waals surface area contributed by atoms with Crippen molar-refractivity contribution in [3.8, 4) is 5.75 Å². The molecule has 0 saturated carbocycles. The highest BCUT2D eigenvalue weighted by molar-refractivity contribution is 7.89. The zero-order valence-electron chi connectivity index (χ0n) is 19.7. The minimum atomic E-state index is -3.79. The Morgan fingerprint density at radius 2 is 1.61 bits per heavy atom. The van der Waals surface area contributed by atoms with Gasteiger partial charge in [-0.1, -0.05) is 11.6 Å². The second kappa shape index (κ2) is 11.0. The van der Waals surface area contributed by atoms with Crippen LogP contribution in [0.1, 0.15) is 12.8 Å². The van der Waals surface area contributed by atoms with Gasteiger partial charge in [0.15, 0.2) is 0 Å². The predicted octanol–water partition coefficient (Wildman–Crippen LogP) is 2.41. The van der Waals surface area contributed by atoms with E-state index in [-0.39, 0.29) is 35.1 Å². The fourth-order valence-corrected chi connectivity index (χ4v) is 7.33. The fraction of sp³-hybridized carbons (Fsp3) is 0.435. The Kier molecular flexibility index (Phi) is 8.22. The van der Waals surface area contributed by atoms with Gasteiger partial charge >= 0.3 is 0 Å². The monoisotopic (exact) mass is 557 g/mol. The first-order chi connectivity index (χ1) is 17.1. The van der Waals surface area contributed by atoms with Crippen LogP contribution in [0.25, 0.3) is 0 Å². The van der Waals surface area contributed by atoms with Gasteiger partial charge in [-0.15, -0.1) is 0 Å². The molecule has 1 amide bonds. The van der Waals surface area contributed by atoms with E-state index in [2.05, 4.69) is 5.32 Å². The number of amides is 1. The number of sulfonamides is 2. The standard InChI is InChI=1S/C23H28ClN3O7S2/c1-33-22-9-8-20(36(31,32)26-11-13-34-14-12-26)15-21(22)25-23(28)17-3-2-10-27(16-17)35(29,30)19-6-4-18(24)5-7-19/h4-9,15,17H,2-3,10-14,16H2,1H3,(H,25,28). The van der Waals surface area contributed by atoms with Gasteiger partial charge in [0.05, 0.1) is 41.7 Å².